The molecule has 2 aromatic carbocycles. The first-order valence-electron chi connectivity index (χ1n) is 11.5. The standard InChI is InChI=1S/C25H28N5O5P/c1-34-19-11-9-18(10-12-19)30-23(20(13-15-35-36)22(28-30)24(26)32)25(33)27-16-5-7-17(8-6-16)29-14-3-2-4-21(29)31/h5-12H,2-4,13-15,36H2,1H3,(H2,26,32)(H,27,33). The highest BCUT2D eigenvalue weighted by Gasteiger charge is 2.27. The fraction of sp³-hybridized carbons (Fsp3) is 0.280. The normalized spacial score (nSPS) is 13.5. The Labute approximate surface area is 211 Å². The van der Waals surface area contributed by atoms with Gasteiger partial charge in [-0.3, -0.25) is 14.4 Å². The Bertz CT molecular complexity index is 1260. The van der Waals surface area contributed by atoms with Gasteiger partial charge < -0.3 is 25.2 Å². The van der Waals surface area contributed by atoms with Gasteiger partial charge in [0.15, 0.2) is 5.69 Å². The SMILES string of the molecule is COc1ccc(-n2nc(C(N)=O)c(CCOP)c2C(=O)Nc2ccc(N3CCCCC3=O)cc2)cc1. The largest absolute Gasteiger partial charge is 0.497 e. The van der Waals surface area contributed by atoms with Gasteiger partial charge in [0.2, 0.25) is 5.91 Å². The molecule has 1 fully saturated rings. The Morgan fingerprint density at radius 1 is 1.08 bits per heavy atom. The van der Waals surface area contributed by atoms with Gasteiger partial charge in [0, 0.05) is 45.8 Å². The minimum absolute atomic E-state index is 0.00280. The predicted octanol–water partition coefficient (Wildman–Crippen LogP) is 3.10. The first kappa shape index (κ1) is 25.3. The summed E-state index contributed by atoms with van der Waals surface area (Å²) in [6.45, 7) is 0.917. The maximum atomic E-state index is 13.5. The lowest BCUT2D eigenvalue weighted by Gasteiger charge is -2.26. The van der Waals surface area contributed by atoms with E-state index in [0.717, 1.165) is 18.5 Å². The number of anilines is 2. The second kappa shape index (κ2) is 11.3. The van der Waals surface area contributed by atoms with Crippen LogP contribution in [-0.4, -0.2) is 47.8 Å². The summed E-state index contributed by atoms with van der Waals surface area (Å²) in [5, 5.41) is 7.24. The van der Waals surface area contributed by atoms with Crippen molar-refractivity contribution in [3.05, 3.63) is 65.5 Å². The maximum Gasteiger partial charge on any atom is 0.274 e. The van der Waals surface area contributed by atoms with E-state index in [1.165, 1.54) is 4.68 Å². The third kappa shape index (κ3) is 5.40. The number of methoxy groups -OCH3 is 1. The molecular formula is C25H28N5O5P. The Morgan fingerprint density at radius 3 is 2.39 bits per heavy atom. The average Bonchev–Trinajstić information content (AvgIpc) is 3.28. The van der Waals surface area contributed by atoms with E-state index in [9.17, 15) is 14.4 Å². The second-order valence-corrected chi connectivity index (χ2v) is 8.61. The zero-order valence-electron chi connectivity index (χ0n) is 19.9. The van der Waals surface area contributed by atoms with Crippen LogP contribution >= 0.6 is 9.47 Å². The van der Waals surface area contributed by atoms with Gasteiger partial charge >= 0.3 is 0 Å². The molecule has 4 rings (SSSR count). The molecule has 1 aliphatic rings. The van der Waals surface area contributed by atoms with Crippen LogP contribution in [0.3, 0.4) is 0 Å². The molecule has 3 aromatic rings. The Kier molecular flexibility index (Phi) is 7.97. The average molecular weight is 510 g/mol. The number of primary amides is 1. The predicted molar refractivity (Wildman–Crippen MR) is 139 cm³/mol. The van der Waals surface area contributed by atoms with Crippen LogP contribution < -0.4 is 20.7 Å². The fourth-order valence-corrected chi connectivity index (χ4v) is 4.30. The van der Waals surface area contributed by atoms with E-state index in [4.69, 9.17) is 15.0 Å². The first-order valence-corrected chi connectivity index (χ1v) is 12.0. The van der Waals surface area contributed by atoms with Crippen LogP contribution in [0.2, 0.25) is 0 Å². The quantitative estimate of drug-likeness (QED) is 0.427. The summed E-state index contributed by atoms with van der Waals surface area (Å²) < 4.78 is 11.7. The van der Waals surface area contributed by atoms with Gasteiger partial charge in [-0.1, -0.05) is 0 Å². The van der Waals surface area contributed by atoms with Crippen LogP contribution in [0.5, 0.6) is 5.75 Å². The van der Waals surface area contributed by atoms with Gasteiger partial charge in [0.05, 0.1) is 19.4 Å². The van der Waals surface area contributed by atoms with Crippen LogP contribution in [-0.2, 0) is 15.7 Å². The molecule has 10 nitrogen and oxygen atoms in total. The Morgan fingerprint density at radius 2 is 1.78 bits per heavy atom. The number of hydrogen-bond donors (Lipinski definition) is 2. The van der Waals surface area contributed by atoms with Crippen LogP contribution in [0.4, 0.5) is 11.4 Å². The molecule has 1 aliphatic heterocycles. The van der Waals surface area contributed by atoms with E-state index >= 15 is 0 Å². The zero-order chi connectivity index (χ0) is 25.7. The number of amides is 3. The van der Waals surface area contributed by atoms with E-state index < -0.39 is 11.8 Å². The molecule has 3 amide bonds. The van der Waals surface area contributed by atoms with Crippen molar-refractivity contribution in [2.45, 2.75) is 25.7 Å². The molecular weight excluding hydrogens is 481 g/mol. The number of aromatic nitrogens is 2. The number of rotatable bonds is 9. The van der Waals surface area contributed by atoms with Crippen molar-refractivity contribution in [3.63, 3.8) is 0 Å². The molecule has 0 bridgehead atoms. The van der Waals surface area contributed by atoms with Crippen molar-refractivity contribution in [3.8, 4) is 11.4 Å². The molecule has 1 saturated heterocycles. The third-order valence-corrected chi connectivity index (χ3v) is 6.21. The molecule has 2 heterocycles. The summed E-state index contributed by atoms with van der Waals surface area (Å²) in [7, 11) is 3.70. The maximum absolute atomic E-state index is 13.5. The number of carbonyl (C=O) groups excluding carboxylic acids is 3. The summed E-state index contributed by atoms with van der Waals surface area (Å²) in [5.41, 5.74) is 8.03. The minimum Gasteiger partial charge on any atom is -0.497 e. The summed E-state index contributed by atoms with van der Waals surface area (Å²) in [6.07, 6.45) is 2.66. The number of hydrogen-bond acceptors (Lipinski definition) is 6. The molecule has 11 heteroatoms. The molecule has 0 spiro atoms. The monoisotopic (exact) mass is 509 g/mol. The number of nitrogens with one attached hydrogen (secondary N) is 1. The first-order chi connectivity index (χ1) is 17.4. The molecule has 0 aliphatic carbocycles. The lowest BCUT2D eigenvalue weighted by atomic mass is 10.1. The number of piperidine rings is 1. The molecule has 1 unspecified atom stereocenters. The van der Waals surface area contributed by atoms with Crippen molar-refractivity contribution in [1.82, 2.24) is 9.78 Å². The van der Waals surface area contributed by atoms with Crippen LogP contribution in [0.15, 0.2) is 48.5 Å². The Hall–Kier alpha value is -3.75. The Balaban J connectivity index is 1.68. The van der Waals surface area contributed by atoms with Gasteiger partial charge in [-0.05, 0) is 61.4 Å². The van der Waals surface area contributed by atoms with Crippen LogP contribution in [0.1, 0.15) is 45.8 Å². The number of benzene rings is 2. The fourth-order valence-electron chi connectivity index (χ4n) is 4.18. The number of nitrogens with two attached hydrogens (primary N) is 1. The van der Waals surface area contributed by atoms with Crippen molar-refractivity contribution in [2.24, 2.45) is 5.73 Å². The number of carbonyl (C=O) groups is 3. The summed E-state index contributed by atoms with van der Waals surface area (Å²) >= 11 is 0. The molecule has 0 radical (unpaired) electrons. The molecule has 188 valence electrons. The highest BCUT2D eigenvalue weighted by Crippen LogP contribution is 2.26. The summed E-state index contributed by atoms with van der Waals surface area (Å²) in [4.78, 5) is 39.7. The second-order valence-electron chi connectivity index (χ2n) is 8.27. The van der Waals surface area contributed by atoms with E-state index in [-0.39, 0.29) is 30.3 Å². The molecule has 0 saturated carbocycles. The van der Waals surface area contributed by atoms with E-state index in [1.807, 2.05) is 0 Å². The highest BCUT2D eigenvalue weighted by molar-refractivity contribution is 7.09. The van der Waals surface area contributed by atoms with Crippen LogP contribution in [0.25, 0.3) is 5.69 Å². The van der Waals surface area contributed by atoms with Gasteiger partial charge in [-0.25, -0.2) is 4.68 Å². The topological polar surface area (TPSA) is 129 Å². The van der Waals surface area contributed by atoms with Gasteiger partial charge in [-0.2, -0.15) is 5.10 Å². The highest BCUT2D eigenvalue weighted by atomic mass is 31.0. The van der Waals surface area contributed by atoms with E-state index in [0.29, 0.717) is 35.7 Å². The summed E-state index contributed by atoms with van der Waals surface area (Å²) in [5.74, 6) is -0.478. The van der Waals surface area contributed by atoms with E-state index in [2.05, 4.69) is 19.9 Å². The van der Waals surface area contributed by atoms with Crippen molar-refractivity contribution < 1.29 is 23.6 Å². The van der Waals surface area contributed by atoms with Gasteiger partial charge in [0.1, 0.15) is 11.4 Å². The van der Waals surface area contributed by atoms with Gasteiger partial charge in [0.25, 0.3) is 11.8 Å². The van der Waals surface area contributed by atoms with Crippen LogP contribution in [0, 0.1) is 0 Å². The smallest absolute Gasteiger partial charge is 0.274 e. The number of ether oxygens (including phenoxy) is 1. The minimum atomic E-state index is -0.745. The molecule has 3 N–H and O–H groups in total. The van der Waals surface area contributed by atoms with Crippen molar-refractivity contribution >= 4 is 38.6 Å². The zero-order valence-corrected chi connectivity index (χ0v) is 21.1. The van der Waals surface area contributed by atoms with Crippen molar-refractivity contribution in [2.75, 3.05) is 30.5 Å². The number of nitrogens with zero attached hydrogens (tertiary/aromatic N) is 3. The van der Waals surface area contributed by atoms with E-state index in [1.54, 1.807) is 60.5 Å². The van der Waals surface area contributed by atoms with Crippen molar-refractivity contribution in [1.29, 1.82) is 0 Å². The molecule has 1 aromatic heterocycles. The lowest BCUT2D eigenvalue weighted by molar-refractivity contribution is -0.119. The third-order valence-electron chi connectivity index (χ3n) is 5.98. The lowest BCUT2D eigenvalue weighted by Crippen LogP contribution is -2.35. The molecule has 1 atom stereocenters. The molecule has 36 heavy (non-hydrogen) atoms. The summed E-state index contributed by atoms with van der Waals surface area (Å²) in [6, 6.07) is 14.0. The van der Waals surface area contributed by atoms with Gasteiger partial charge in [-0.15, -0.1) is 0 Å².